The molecule has 0 aromatic carbocycles. The van der Waals surface area contributed by atoms with Gasteiger partial charge in [-0.2, -0.15) is 11.8 Å². The zero-order chi connectivity index (χ0) is 15.7. The van der Waals surface area contributed by atoms with Gasteiger partial charge in [0.1, 0.15) is 0 Å². The number of carbonyl (C=O) groups is 2. The summed E-state index contributed by atoms with van der Waals surface area (Å²) in [6, 6.07) is 0.0143. The molecule has 0 aliphatic carbocycles. The number of carboxylic acids is 1. The number of rotatable bonds is 1. The van der Waals surface area contributed by atoms with E-state index in [2.05, 4.69) is 13.8 Å². The van der Waals surface area contributed by atoms with Gasteiger partial charge in [0.25, 0.3) is 0 Å². The molecule has 21 heavy (non-hydrogen) atoms. The quantitative estimate of drug-likeness (QED) is 0.808. The molecule has 2 heterocycles. The summed E-state index contributed by atoms with van der Waals surface area (Å²) in [5.41, 5.74) is -0.798. The molecule has 2 aliphatic rings. The molecule has 1 atom stereocenters. The van der Waals surface area contributed by atoms with E-state index in [-0.39, 0.29) is 10.8 Å². The maximum Gasteiger partial charge on any atom is 0.320 e. The number of aliphatic carboxylic acids is 1. The minimum absolute atomic E-state index is 0.0143. The third kappa shape index (κ3) is 3.84. The standard InChI is InChI=1S/C15H26N2O3S/c1-14(2)6-8-16(9-10-21-14)13(20)17-7-4-5-15(3,11-17)12(18)19/h4-11H2,1-3H3,(H,18,19). The lowest BCUT2D eigenvalue weighted by Crippen LogP contribution is -2.53. The molecule has 2 rings (SSSR count). The lowest BCUT2D eigenvalue weighted by Gasteiger charge is -2.39. The maximum absolute atomic E-state index is 12.7. The molecule has 120 valence electrons. The Bertz CT molecular complexity index is 427. The van der Waals surface area contributed by atoms with E-state index in [1.807, 2.05) is 16.7 Å². The number of likely N-dealkylation sites (tertiary alicyclic amines) is 1. The van der Waals surface area contributed by atoms with Gasteiger partial charge >= 0.3 is 12.0 Å². The number of urea groups is 1. The van der Waals surface area contributed by atoms with E-state index in [9.17, 15) is 14.7 Å². The molecule has 0 aromatic rings. The summed E-state index contributed by atoms with van der Waals surface area (Å²) in [5, 5.41) is 9.37. The minimum atomic E-state index is -0.799. The Morgan fingerprint density at radius 2 is 1.76 bits per heavy atom. The molecule has 1 unspecified atom stereocenters. The van der Waals surface area contributed by atoms with Gasteiger partial charge in [-0.15, -0.1) is 0 Å². The van der Waals surface area contributed by atoms with E-state index in [1.165, 1.54) is 0 Å². The van der Waals surface area contributed by atoms with Gasteiger partial charge in [0.2, 0.25) is 0 Å². The number of amides is 2. The Morgan fingerprint density at radius 1 is 1.05 bits per heavy atom. The van der Waals surface area contributed by atoms with Crippen molar-refractivity contribution in [2.75, 3.05) is 31.9 Å². The van der Waals surface area contributed by atoms with Crippen LogP contribution in [0, 0.1) is 5.41 Å². The molecular weight excluding hydrogens is 288 g/mol. The normalized spacial score (nSPS) is 29.9. The average Bonchev–Trinajstić information content (AvgIpc) is 2.59. The highest BCUT2D eigenvalue weighted by Crippen LogP contribution is 2.33. The smallest absolute Gasteiger partial charge is 0.320 e. The largest absolute Gasteiger partial charge is 0.481 e. The molecule has 2 aliphatic heterocycles. The monoisotopic (exact) mass is 314 g/mol. The Hall–Kier alpha value is -0.910. The van der Waals surface area contributed by atoms with Crippen LogP contribution in [-0.2, 0) is 4.79 Å². The fourth-order valence-corrected chi connectivity index (χ4v) is 4.09. The maximum atomic E-state index is 12.7. The highest BCUT2D eigenvalue weighted by Gasteiger charge is 2.40. The summed E-state index contributed by atoms with van der Waals surface area (Å²) in [6.07, 6.45) is 2.39. The second kappa shape index (κ2) is 6.07. The van der Waals surface area contributed by atoms with Crippen molar-refractivity contribution in [3.05, 3.63) is 0 Å². The molecule has 0 radical (unpaired) electrons. The van der Waals surface area contributed by atoms with E-state index in [0.29, 0.717) is 19.5 Å². The summed E-state index contributed by atoms with van der Waals surface area (Å²) < 4.78 is 0.215. The number of thioether (sulfide) groups is 1. The first-order chi connectivity index (χ1) is 9.73. The molecule has 5 nitrogen and oxygen atoms in total. The highest BCUT2D eigenvalue weighted by molar-refractivity contribution is 8.00. The first kappa shape index (κ1) is 16.5. The minimum Gasteiger partial charge on any atom is -0.481 e. The molecule has 0 bridgehead atoms. The van der Waals surface area contributed by atoms with E-state index < -0.39 is 11.4 Å². The Kier molecular flexibility index (Phi) is 4.76. The predicted molar refractivity (Wildman–Crippen MR) is 84.7 cm³/mol. The Labute approximate surface area is 131 Å². The molecule has 2 amide bonds. The molecule has 6 heteroatoms. The summed E-state index contributed by atoms with van der Waals surface area (Å²) in [5.74, 6) is 0.149. The lowest BCUT2D eigenvalue weighted by atomic mass is 9.82. The second-order valence-electron chi connectivity index (χ2n) is 7.02. The first-order valence-corrected chi connectivity index (χ1v) is 8.63. The Morgan fingerprint density at radius 3 is 2.43 bits per heavy atom. The third-order valence-corrected chi connectivity index (χ3v) is 5.96. The van der Waals surface area contributed by atoms with Gasteiger partial charge in [0.15, 0.2) is 0 Å². The van der Waals surface area contributed by atoms with Crippen molar-refractivity contribution in [3.63, 3.8) is 0 Å². The van der Waals surface area contributed by atoms with Gasteiger partial charge in [-0.25, -0.2) is 4.79 Å². The fraction of sp³-hybridized carbons (Fsp3) is 0.867. The van der Waals surface area contributed by atoms with Crippen LogP contribution in [0.1, 0.15) is 40.0 Å². The van der Waals surface area contributed by atoms with Crippen LogP contribution in [0.3, 0.4) is 0 Å². The van der Waals surface area contributed by atoms with Crippen LogP contribution in [0.4, 0.5) is 4.79 Å². The number of carboxylic acid groups (broad SMARTS) is 1. The first-order valence-electron chi connectivity index (χ1n) is 7.65. The van der Waals surface area contributed by atoms with Gasteiger partial charge in [-0.3, -0.25) is 4.79 Å². The van der Waals surface area contributed by atoms with Crippen molar-refractivity contribution >= 4 is 23.8 Å². The molecule has 0 aromatic heterocycles. The molecule has 2 saturated heterocycles. The highest BCUT2D eigenvalue weighted by atomic mass is 32.2. The average molecular weight is 314 g/mol. The second-order valence-corrected chi connectivity index (χ2v) is 8.82. The molecule has 1 N–H and O–H groups in total. The van der Waals surface area contributed by atoms with Crippen LogP contribution in [-0.4, -0.2) is 63.6 Å². The summed E-state index contributed by atoms with van der Waals surface area (Å²) in [4.78, 5) is 27.7. The van der Waals surface area contributed by atoms with Crippen molar-refractivity contribution < 1.29 is 14.7 Å². The summed E-state index contributed by atoms with van der Waals surface area (Å²) >= 11 is 1.91. The van der Waals surface area contributed by atoms with E-state index in [1.54, 1.807) is 11.8 Å². The van der Waals surface area contributed by atoms with Gasteiger partial charge in [0, 0.05) is 36.7 Å². The number of nitrogens with zero attached hydrogens (tertiary/aromatic N) is 2. The number of carbonyl (C=O) groups excluding carboxylic acids is 1. The predicted octanol–water partition coefficient (Wildman–Crippen LogP) is 2.51. The van der Waals surface area contributed by atoms with Crippen molar-refractivity contribution in [2.45, 2.75) is 44.8 Å². The number of hydrogen-bond donors (Lipinski definition) is 1. The van der Waals surface area contributed by atoms with Crippen molar-refractivity contribution in [1.82, 2.24) is 9.80 Å². The fourth-order valence-electron chi connectivity index (χ4n) is 2.99. The number of hydrogen-bond acceptors (Lipinski definition) is 3. The van der Waals surface area contributed by atoms with E-state index >= 15 is 0 Å². The van der Waals surface area contributed by atoms with Gasteiger partial charge in [-0.1, -0.05) is 13.8 Å². The zero-order valence-electron chi connectivity index (χ0n) is 13.2. The van der Waals surface area contributed by atoms with Crippen molar-refractivity contribution in [2.24, 2.45) is 5.41 Å². The number of piperidine rings is 1. The molecule has 2 fully saturated rings. The van der Waals surface area contributed by atoms with E-state index in [4.69, 9.17) is 0 Å². The van der Waals surface area contributed by atoms with Crippen LogP contribution in [0.25, 0.3) is 0 Å². The molecule has 0 spiro atoms. The summed E-state index contributed by atoms with van der Waals surface area (Å²) in [6.45, 7) is 8.70. The van der Waals surface area contributed by atoms with Gasteiger partial charge in [-0.05, 0) is 26.2 Å². The summed E-state index contributed by atoms with van der Waals surface area (Å²) in [7, 11) is 0. The van der Waals surface area contributed by atoms with Gasteiger partial charge in [0.05, 0.1) is 5.41 Å². The van der Waals surface area contributed by atoms with Crippen molar-refractivity contribution in [1.29, 1.82) is 0 Å². The lowest BCUT2D eigenvalue weighted by molar-refractivity contribution is -0.150. The third-order valence-electron chi connectivity index (χ3n) is 4.59. The molecule has 0 saturated carbocycles. The Balaban J connectivity index is 2.01. The topological polar surface area (TPSA) is 60.9 Å². The van der Waals surface area contributed by atoms with Crippen LogP contribution in [0.5, 0.6) is 0 Å². The van der Waals surface area contributed by atoms with E-state index in [0.717, 1.165) is 31.7 Å². The van der Waals surface area contributed by atoms with Crippen LogP contribution in [0.15, 0.2) is 0 Å². The molecular formula is C15H26N2O3S. The van der Waals surface area contributed by atoms with Crippen LogP contribution in [0.2, 0.25) is 0 Å². The SMILES string of the molecule is CC1(C)CCN(C(=O)N2CCCC(C)(C(=O)O)C2)CCS1. The van der Waals surface area contributed by atoms with Crippen LogP contribution >= 0.6 is 11.8 Å². The van der Waals surface area contributed by atoms with Gasteiger partial charge < -0.3 is 14.9 Å². The van der Waals surface area contributed by atoms with Crippen molar-refractivity contribution in [3.8, 4) is 0 Å². The van der Waals surface area contributed by atoms with Crippen LogP contribution < -0.4 is 0 Å². The zero-order valence-corrected chi connectivity index (χ0v) is 14.0.